The predicted octanol–water partition coefficient (Wildman–Crippen LogP) is 2.06. The summed E-state index contributed by atoms with van der Waals surface area (Å²) in [4.78, 5) is 40.4. The molecule has 2 aromatic rings. The van der Waals surface area contributed by atoms with Crippen molar-refractivity contribution in [3.05, 3.63) is 64.7 Å². The highest BCUT2D eigenvalue weighted by atomic mass is 16.5. The average molecular weight is 422 g/mol. The first-order chi connectivity index (χ1) is 14.8. The number of nitrogens with zero attached hydrogens (tertiary/aromatic N) is 2. The van der Waals surface area contributed by atoms with Crippen LogP contribution in [-0.2, 0) is 11.3 Å². The van der Waals surface area contributed by atoms with Gasteiger partial charge in [-0.25, -0.2) is 0 Å². The summed E-state index contributed by atoms with van der Waals surface area (Å²) in [5, 5.41) is 7.53. The quantitative estimate of drug-likeness (QED) is 0.364. The van der Waals surface area contributed by atoms with Crippen molar-refractivity contribution < 1.29 is 19.1 Å². The average Bonchev–Trinajstić information content (AvgIpc) is 3.08. The number of hydrogen-bond acceptors (Lipinski definition) is 5. The van der Waals surface area contributed by atoms with E-state index < -0.39 is 0 Å². The minimum atomic E-state index is -0.215. The lowest BCUT2D eigenvalue weighted by molar-refractivity contribution is -0.132. The van der Waals surface area contributed by atoms with Gasteiger partial charge < -0.3 is 20.3 Å². The van der Waals surface area contributed by atoms with Crippen molar-refractivity contribution in [2.24, 2.45) is 5.73 Å². The Labute approximate surface area is 181 Å². The van der Waals surface area contributed by atoms with Gasteiger partial charge in [0.05, 0.1) is 6.54 Å². The molecular formula is C23H26N4O4. The molecule has 3 rings (SSSR count). The minimum absolute atomic E-state index is 0.0520. The van der Waals surface area contributed by atoms with Crippen molar-refractivity contribution in [1.82, 2.24) is 9.80 Å². The number of likely N-dealkylation sites (N-methyl/N-ethyl adjacent to an activating group) is 1. The third-order valence-electron chi connectivity index (χ3n) is 5.28. The molecule has 0 bridgehead atoms. The fourth-order valence-corrected chi connectivity index (χ4v) is 3.49. The van der Waals surface area contributed by atoms with Crippen LogP contribution in [0.4, 0.5) is 0 Å². The predicted molar refractivity (Wildman–Crippen MR) is 116 cm³/mol. The van der Waals surface area contributed by atoms with Gasteiger partial charge in [0.1, 0.15) is 11.6 Å². The van der Waals surface area contributed by atoms with E-state index in [2.05, 4.69) is 0 Å². The largest absolute Gasteiger partial charge is 0.484 e. The number of hydrogen-bond donors (Lipinski definition) is 2. The summed E-state index contributed by atoms with van der Waals surface area (Å²) in [5.41, 5.74) is 7.80. The summed E-state index contributed by atoms with van der Waals surface area (Å²) < 4.78 is 5.52. The van der Waals surface area contributed by atoms with Crippen LogP contribution in [0.3, 0.4) is 0 Å². The first-order valence-electron chi connectivity index (χ1n) is 10.1. The van der Waals surface area contributed by atoms with Crippen LogP contribution in [0, 0.1) is 5.41 Å². The topological polar surface area (TPSA) is 117 Å². The molecule has 8 heteroatoms. The van der Waals surface area contributed by atoms with E-state index in [0.717, 1.165) is 5.56 Å². The molecule has 0 aliphatic carbocycles. The molecule has 0 fully saturated rings. The van der Waals surface area contributed by atoms with Crippen LogP contribution in [0.15, 0.2) is 42.5 Å². The number of carbonyl (C=O) groups is 3. The number of rotatable bonds is 9. The number of amides is 2. The van der Waals surface area contributed by atoms with Crippen molar-refractivity contribution in [2.45, 2.75) is 20.4 Å². The van der Waals surface area contributed by atoms with E-state index in [-0.39, 0.29) is 36.6 Å². The number of Topliss-reactive ketones (excluding diaryl/α,β-unsaturated/α-hetero) is 1. The van der Waals surface area contributed by atoms with E-state index in [1.54, 1.807) is 47.4 Å². The Morgan fingerprint density at radius 3 is 2.35 bits per heavy atom. The Kier molecular flexibility index (Phi) is 6.69. The summed E-state index contributed by atoms with van der Waals surface area (Å²) >= 11 is 0. The Morgan fingerprint density at radius 2 is 1.74 bits per heavy atom. The van der Waals surface area contributed by atoms with Crippen LogP contribution in [0.25, 0.3) is 0 Å². The van der Waals surface area contributed by atoms with Crippen molar-refractivity contribution >= 4 is 23.4 Å². The van der Waals surface area contributed by atoms with Crippen molar-refractivity contribution in [3.8, 4) is 5.75 Å². The Balaban J connectivity index is 1.59. The SMILES string of the molecule is CCN(CC)C(=O)COc1ccc(C(=O)CN2Cc3cc(C(=N)N)ccc3C2=O)cc1. The smallest absolute Gasteiger partial charge is 0.260 e. The third-order valence-corrected chi connectivity index (χ3v) is 5.28. The number of ketones is 1. The lowest BCUT2D eigenvalue weighted by atomic mass is 10.1. The molecule has 0 saturated carbocycles. The molecule has 0 atom stereocenters. The molecule has 3 N–H and O–H groups in total. The molecule has 31 heavy (non-hydrogen) atoms. The number of amidine groups is 1. The normalized spacial score (nSPS) is 12.5. The maximum absolute atomic E-state index is 12.7. The number of nitrogen functional groups attached to an aromatic ring is 1. The molecule has 1 heterocycles. The second kappa shape index (κ2) is 9.42. The van der Waals surface area contributed by atoms with Crippen molar-refractivity contribution in [1.29, 1.82) is 5.41 Å². The third kappa shape index (κ3) is 4.91. The summed E-state index contributed by atoms with van der Waals surface area (Å²) in [6, 6.07) is 11.5. The second-order valence-electron chi connectivity index (χ2n) is 7.25. The molecule has 0 unspecified atom stereocenters. The number of nitrogens with two attached hydrogens (primary N) is 1. The number of fused-ring (bicyclic) bond motifs is 1. The van der Waals surface area contributed by atoms with Gasteiger partial charge in [-0.15, -0.1) is 0 Å². The minimum Gasteiger partial charge on any atom is -0.484 e. The molecule has 0 spiro atoms. The van der Waals surface area contributed by atoms with Gasteiger partial charge in [-0.2, -0.15) is 0 Å². The second-order valence-corrected chi connectivity index (χ2v) is 7.25. The highest BCUT2D eigenvalue weighted by molar-refractivity contribution is 6.05. The van der Waals surface area contributed by atoms with Crippen LogP contribution >= 0.6 is 0 Å². The molecule has 2 aromatic carbocycles. The first kappa shape index (κ1) is 22.0. The molecule has 2 amide bonds. The van der Waals surface area contributed by atoms with Gasteiger partial charge in [-0.3, -0.25) is 19.8 Å². The Hall–Kier alpha value is -3.68. The van der Waals surface area contributed by atoms with E-state index in [4.69, 9.17) is 15.9 Å². The van der Waals surface area contributed by atoms with Crippen LogP contribution in [0.1, 0.15) is 45.7 Å². The molecule has 0 aromatic heterocycles. The van der Waals surface area contributed by atoms with E-state index in [1.807, 2.05) is 13.8 Å². The van der Waals surface area contributed by atoms with Gasteiger partial charge in [0.25, 0.3) is 11.8 Å². The lowest BCUT2D eigenvalue weighted by Gasteiger charge is -2.18. The Morgan fingerprint density at radius 1 is 1.10 bits per heavy atom. The molecule has 0 saturated heterocycles. The van der Waals surface area contributed by atoms with Gasteiger partial charge in [-0.05, 0) is 55.8 Å². The molecule has 1 aliphatic rings. The fraction of sp³-hybridized carbons (Fsp3) is 0.304. The molecule has 0 radical (unpaired) electrons. The summed E-state index contributed by atoms with van der Waals surface area (Å²) in [6.45, 7) is 5.26. The van der Waals surface area contributed by atoms with Gasteiger partial charge in [0.2, 0.25) is 0 Å². The highest BCUT2D eigenvalue weighted by Crippen LogP contribution is 2.24. The monoisotopic (exact) mass is 422 g/mol. The number of benzene rings is 2. The summed E-state index contributed by atoms with van der Waals surface area (Å²) in [6.07, 6.45) is 0. The maximum Gasteiger partial charge on any atom is 0.260 e. The van der Waals surface area contributed by atoms with E-state index in [0.29, 0.717) is 42.1 Å². The summed E-state index contributed by atoms with van der Waals surface area (Å²) in [5.74, 6) is -0.0680. The molecular weight excluding hydrogens is 396 g/mol. The molecule has 8 nitrogen and oxygen atoms in total. The van der Waals surface area contributed by atoms with E-state index in [1.165, 1.54) is 4.90 Å². The van der Waals surface area contributed by atoms with Gasteiger partial charge >= 0.3 is 0 Å². The van der Waals surface area contributed by atoms with Crippen molar-refractivity contribution in [3.63, 3.8) is 0 Å². The van der Waals surface area contributed by atoms with E-state index >= 15 is 0 Å². The standard InChI is InChI=1S/C23H26N4O4/c1-3-26(4-2)21(29)14-31-18-8-5-15(6-9-18)20(28)13-27-12-17-11-16(22(24)25)7-10-19(17)23(27)30/h5-11H,3-4,12-14H2,1-2H3,(H3,24,25). The first-order valence-corrected chi connectivity index (χ1v) is 10.1. The number of ether oxygens (including phenoxy) is 1. The molecule has 162 valence electrons. The van der Waals surface area contributed by atoms with Crippen LogP contribution in [-0.4, -0.2) is 59.5 Å². The van der Waals surface area contributed by atoms with Crippen LogP contribution in [0.5, 0.6) is 5.75 Å². The molecule has 1 aliphatic heterocycles. The van der Waals surface area contributed by atoms with Crippen LogP contribution in [0.2, 0.25) is 0 Å². The van der Waals surface area contributed by atoms with Crippen LogP contribution < -0.4 is 10.5 Å². The zero-order valence-electron chi connectivity index (χ0n) is 17.7. The zero-order chi connectivity index (χ0) is 22.5. The maximum atomic E-state index is 12.7. The summed E-state index contributed by atoms with van der Waals surface area (Å²) in [7, 11) is 0. The Bertz CT molecular complexity index is 1010. The van der Waals surface area contributed by atoms with Gasteiger partial charge in [0.15, 0.2) is 12.4 Å². The number of carbonyl (C=O) groups excluding carboxylic acids is 3. The van der Waals surface area contributed by atoms with Crippen molar-refractivity contribution in [2.75, 3.05) is 26.2 Å². The highest BCUT2D eigenvalue weighted by Gasteiger charge is 2.29. The number of nitrogens with one attached hydrogen (secondary N) is 1. The lowest BCUT2D eigenvalue weighted by Crippen LogP contribution is -2.34. The zero-order valence-corrected chi connectivity index (χ0v) is 17.7. The van der Waals surface area contributed by atoms with Gasteiger partial charge in [-0.1, -0.05) is 6.07 Å². The van der Waals surface area contributed by atoms with E-state index in [9.17, 15) is 14.4 Å². The van der Waals surface area contributed by atoms with Gasteiger partial charge in [0, 0.05) is 36.3 Å². The fourth-order valence-electron chi connectivity index (χ4n) is 3.49.